The summed E-state index contributed by atoms with van der Waals surface area (Å²) in [6.07, 6.45) is 6.56. The van der Waals surface area contributed by atoms with Gasteiger partial charge in [-0.2, -0.15) is 0 Å². The molecule has 4 saturated heterocycles. The van der Waals surface area contributed by atoms with Crippen LogP contribution in [0.4, 0.5) is 28.9 Å². The van der Waals surface area contributed by atoms with Gasteiger partial charge in [0.05, 0.1) is 46.2 Å². The fourth-order valence-corrected chi connectivity index (χ4v) is 9.57. The van der Waals surface area contributed by atoms with E-state index in [0.29, 0.717) is 65.0 Å². The van der Waals surface area contributed by atoms with Gasteiger partial charge in [0.15, 0.2) is 11.6 Å². The van der Waals surface area contributed by atoms with E-state index in [4.69, 9.17) is 9.97 Å². The van der Waals surface area contributed by atoms with Crippen molar-refractivity contribution in [2.45, 2.75) is 96.3 Å². The van der Waals surface area contributed by atoms with Gasteiger partial charge in [-0.25, -0.2) is 27.5 Å². The van der Waals surface area contributed by atoms with E-state index in [0.717, 1.165) is 63.3 Å². The largest absolute Gasteiger partial charge is 0.367 e. The normalized spacial score (nSPS) is 24.0. The van der Waals surface area contributed by atoms with E-state index in [1.807, 2.05) is 4.90 Å². The minimum absolute atomic E-state index is 0. The first-order valence-corrected chi connectivity index (χ1v) is 19.4. The van der Waals surface area contributed by atoms with E-state index in [1.54, 1.807) is 17.0 Å². The van der Waals surface area contributed by atoms with Gasteiger partial charge in [0, 0.05) is 42.0 Å². The molecule has 0 unspecified atom stereocenters. The van der Waals surface area contributed by atoms with Crippen LogP contribution in [0.25, 0.3) is 22.1 Å². The molecule has 54 heavy (non-hydrogen) atoms. The molecule has 0 saturated carbocycles. The molecule has 13 heteroatoms. The summed E-state index contributed by atoms with van der Waals surface area (Å²) in [4.78, 5) is 19.8. The lowest BCUT2D eigenvalue weighted by Gasteiger charge is -2.40. The van der Waals surface area contributed by atoms with Gasteiger partial charge in [-0.15, -0.1) is 12.4 Å². The summed E-state index contributed by atoms with van der Waals surface area (Å²) in [5.74, 6) is -0.251. The Labute approximate surface area is 319 Å². The van der Waals surface area contributed by atoms with Crippen LogP contribution in [0.1, 0.15) is 119 Å². The summed E-state index contributed by atoms with van der Waals surface area (Å²) < 4.78 is 65.1. The number of halogens is 5. The molecule has 3 aromatic carbocycles. The average molecular weight is 765 g/mol. The molecule has 8 nitrogen and oxygen atoms in total. The fourth-order valence-electron chi connectivity index (χ4n) is 9.57. The highest BCUT2D eigenvalue weighted by molar-refractivity contribution is 5.85. The predicted molar refractivity (Wildman–Crippen MR) is 207 cm³/mol. The number of hydrogen-bond acceptors (Lipinski definition) is 6. The van der Waals surface area contributed by atoms with E-state index < -0.39 is 35.4 Å². The maximum absolute atomic E-state index is 16.3. The van der Waals surface area contributed by atoms with Crippen molar-refractivity contribution in [3.8, 4) is 0 Å². The second kappa shape index (κ2) is 14.3. The van der Waals surface area contributed by atoms with Crippen LogP contribution < -0.4 is 20.4 Å². The van der Waals surface area contributed by atoms with Crippen LogP contribution >= 0.6 is 12.4 Å². The van der Waals surface area contributed by atoms with E-state index >= 15 is 17.6 Å². The highest BCUT2D eigenvalue weighted by Crippen LogP contribution is 2.50. The molecule has 4 aliphatic rings. The van der Waals surface area contributed by atoms with Crippen molar-refractivity contribution in [3.05, 3.63) is 82.4 Å². The molecule has 288 valence electrons. The zero-order chi connectivity index (χ0) is 36.6. The number of aromatic amines is 2. The van der Waals surface area contributed by atoms with Gasteiger partial charge >= 0.3 is 0 Å². The zero-order valence-electron chi connectivity index (χ0n) is 31.0. The van der Waals surface area contributed by atoms with Gasteiger partial charge in [-0.1, -0.05) is 20.8 Å². The van der Waals surface area contributed by atoms with Crippen molar-refractivity contribution >= 4 is 45.8 Å². The lowest BCUT2D eigenvalue weighted by Crippen LogP contribution is -2.39. The Morgan fingerprint density at radius 1 is 0.630 bits per heavy atom. The number of nitrogens with one attached hydrogen (secondary N) is 4. The Morgan fingerprint density at radius 2 is 1.11 bits per heavy atom. The van der Waals surface area contributed by atoms with Crippen LogP contribution in [0.15, 0.2) is 36.4 Å². The third-order valence-corrected chi connectivity index (χ3v) is 12.5. The highest BCUT2D eigenvalue weighted by Gasteiger charge is 2.40. The lowest BCUT2D eigenvalue weighted by atomic mass is 9.75. The van der Waals surface area contributed by atoms with Crippen LogP contribution in [0.2, 0.25) is 0 Å². The molecule has 4 atom stereocenters. The van der Waals surface area contributed by atoms with Crippen LogP contribution in [0, 0.1) is 34.6 Å². The predicted octanol–water partition coefficient (Wildman–Crippen LogP) is 9.61. The van der Waals surface area contributed by atoms with Crippen LogP contribution in [-0.4, -0.2) is 46.1 Å². The standard InChI is InChI=1S/C41H48F4N8.ClH/c1-41(2,3)22-10-14-52(15-11-22)38-28(44)16-23(17-29(38)45)53-36(24-18-32-34(20-26(24)42)50-39(48-32)30-6-4-12-46-30)8-9-37(53)25-19-33-35(21-27(25)43)51-40(49-33)31-7-5-13-47-31;/h16-22,30-31,36-37,46-47H,4-15H2,1-3H3,(H,48,50)(H,49,51);1H/t30-,31-,36+,37+;/m0./s1. The summed E-state index contributed by atoms with van der Waals surface area (Å²) in [7, 11) is 0. The summed E-state index contributed by atoms with van der Waals surface area (Å²) in [6.45, 7) is 9.56. The summed E-state index contributed by atoms with van der Waals surface area (Å²) in [5, 5.41) is 6.87. The third kappa shape index (κ3) is 6.61. The molecule has 6 heterocycles. The van der Waals surface area contributed by atoms with Gasteiger partial charge in [0.25, 0.3) is 0 Å². The SMILES string of the molecule is CC(C)(C)C1CCN(c2c(F)cc(N3[C@@H](c4cc5[nH]c([C@@H]6CCCN6)nc5cc4F)CC[C@@H]3c3cc4[nH]c([C@@H]5CCCN5)nc4cc3F)cc2F)CC1.Cl. The molecule has 0 bridgehead atoms. The molecular weight excluding hydrogens is 716 g/mol. The molecule has 0 radical (unpaired) electrons. The number of H-pyrrole nitrogens is 2. The number of piperidine rings is 1. The van der Waals surface area contributed by atoms with Crippen molar-refractivity contribution in [2.75, 3.05) is 36.0 Å². The summed E-state index contributed by atoms with van der Waals surface area (Å²) >= 11 is 0. The Hall–Kier alpha value is -3.87. The number of benzene rings is 3. The van der Waals surface area contributed by atoms with Gasteiger partial charge in [-0.05, 0) is 100 Å². The second-order valence-corrected chi connectivity index (χ2v) is 16.7. The first-order chi connectivity index (χ1) is 25.5. The van der Waals surface area contributed by atoms with Gasteiger partial charge in [0.2, 0.25) is 0 Å². The van der Waals surface area contributed by atoms with Gasteiger partial charge in [0.1, 0.15) is 29.0 Å². The van der Waals surface area contributed by atoms with E-state index in [9.17, 15) is 0 Å². The number of aromatic nitrogens is 4. The number of imidazole rings is 2. The van der Waals surface area contributed by atoms with Crippen LogP contribution in [-0.2, 0) is 0 Å². The van der Waals surface area contributed by atoms with Crippen molar-refractivity contribution < 1.29 is 17.6 Å². The average Bonchev–Trinajstić information content (AvgIpc) is 3.96. The van der Waals surface area contributed by atoms with Gasteiger partial charge < -0.3 is 30.4 Å². The molecule has 4 aliphatic heterocycles. The molecule has 0 spiro atoms. The van der Waals surface area contributed by atoms with E-state index in [2.05, 4.69) is 41.4 Å². The number of hydrogen-bond donors (Lipinski definition) is 4. The first kappa shape index (κ1) is 37.1. The molecule has 4 fully saturated rings. The molecule has 9 rings (SSSR count). The minimum atomic E-state index is -0.671. The molecule has 5 aromatic rings. The zero-order valence-corrected chi connectivity index (χ0v) is 31.9. The topological polar surface area (TPSA) is 87.9 Å². The quantitative estimate of drug-likeness (QED) is 0.129. The lowest BCUT2D eigenvalue weighted by molar-refractivity contribution is 0.198. The summed E-state index contributed by atoms with van der Waals surface area (Å²) in [5.41, 5.74) is 3.52. The summed E-state index contributed by atoms with van der Waals surface area (Å²) in [6, 6.07) is 8.03. The molecule has 2 aromatic heterocycles. The number of anilines is 2. The Kier molecular flexibility index (Phi) is 9.84. The molecule has 0 aliphatic carbocycles. The van der Waals surface area contributed by atoms with Crippen molar-refractivity contribution in [2.24, 2.45) is 11.3 Å². The Balaban J connectivity index is 0.00000413. The van der Waals surface area contributed by atoms with Gasteiger partial charge in [-0.3, -0.25) is 0 Å². The molecule has 4 N–H and O–H groups in total. The third-order valence-electron chi connectivity index (χ3n) is 12.5. The second-order valence-electron chi connectivity index (χ2n) is 16.7. The van der Waals surface area contributed by atoms with E-state index in [1.165, 1.54) is 24.3 Å². The van der Waals surface area contributed by atoms with Crippen molar-refractivity contribution in [3.63, 3.8) is 0 Å². The van der Waals surface area contributed by atoms with Crippen LogP contribution in [0.3, 0.4) is 0 Å². The van der Waals surface area contributed by atoms with Crippen LogP contribution in [0.5, 0.6) is 0 Å². The molecule has 0 amide bonds. The minimum Gasteiger partial charge on any atom is -0.367 e. The molecular formula is C41H49ClF4N8. The van der Waals surface area contributed by atoms with Crippen molar-refractivity contribution in [1.29, 1.82) is 0 Å². The Bertz CT molecular complexity index is 2030. The number of nitrogens with zero attached hydrogens (tertiary/aromatic N) is 4. The van der Waals surface area contributed by atoms with Crippen molar-refractivity contribution in [1.82, 2.24) is 30.6 Å². The maximum Gasteiger partial charge on any atom is 0.151 e. The Morgan fingerprint density at radius 3 is 1.54 bits per heavy atom. The fraction of sp³-hybridized carbons (Fsp3) is 0.512. The first-order valence-electron chi connectivity index (χ1n) is 19.4. The smallest absolute Gasteiger partial charge is 0.151 e. The highest BCUT2D eigenvalue weighted by atomic mass is 35.5. The maximum atomic E-state index is 16.3. The number of fused-ring (bicyclic) bond motifs is 2. The monoisotopic (exact) mass is 764 g/mol. The van der Waals surface area contributed by atoms with E-state index in [-0.39, 0.29) is 41.3 Å². The number of rotatable bonds is 6.